The fourth-order valence-corrected chi connectivity index (χ4v) is 8.69. The van der Waals surface area contributed by atoms with E-state index in [1.165, 1.54) is 19.3 Å². The predicted octanol–water partition coefficient (Wildman–Crippen LogP) is 10.5. The number of piperidine rings is 1. The van der Waals surface area contributed by atoms with Gasteiger partial charge in [-0.25, -0.2) is 9.97 Å². The number of likely N-dealkylation sites (tertiary alicyclic amines) is 1. The molecule has 3 fully saturated rings. The number of aromatic nitrogens is 4. The number of H-pyrrole nitrogens is 2. The zero-order valence-electron chi connectivity index (χ0n) is 34.9. The highest BCUT2D eigenvalue weighted by Crippen LogP contribution is 2.53. The van der Waals surface area contributed by atoms with Gasteiger partial charge in [-0.05, 0) is 102 Å². The first-order valence-corrected chi connectivity index (χ1v) is 20.7. The van der Waals surface area contributed by atoms with Gasteiger partial charge < -0.3 is 19.8 Å². The Bertz CT molecular complexity index is 2320. The van der Waals surface area contributed by atoms with E-state index >= 15 is 8.78 Å². The van der Waals surface area contributed by atoms with Crippen LogP contribution in [0.3, 0.4) is 0 Å². The highest BCUT2D eigenvalue weighted by Gasteiger charge is 2.45. The van der Waals surface area contributed by atoms with Gasteiger partial charge in [0.15, 0.2) is 0 Å². The van der Waals surface area contributed by atoms with E-state index in [2.05, 4.69) is 71.3 Å². The van der Waals surface area contributed by atoms with Gasteiger partial charge in [0.25, 0.3) is 5.92 Å². The molecule has 4 aliphatic rings. The van der Waals surface area contributed by atoms with E-state index in [-0.39, 0.29) is 28.4 Å². The van der Waals surface area contributed by atoms with Crippen molar-refractivity contribution in [2.45, 2.75) is 98.1 Å². The van der Waals surface area contributed by atoms with Gasteiger partial charge in [-0.3, -0.25) is 9.59 Å². The Morgan fingerprint density at radius 1 is 0.864 bits per heavy atom. The van der Waals surface area contributed by atoms with Crippen molar-refractivity contribution in [1.29, 1.82) is 0 Å². The summed E-state index contributed by atoms with van der Waals surface area (Å²) in [6.45, 7) is 12.7. The number of imidazole rings is 2. The lowest BCUT2D eigenvalue weighted by atomic mass is 9.98. The Morgan fingerprint density at radius 3 is 2.10 bits per heavy atom. The summed E-state index contributed by atoms with van der Waals surface area (Å²) in [5.74, 6) is -0.365. The lowest BCUT2D eigenvalue weighted by Gasteiger charge is -2.27. The Morgan fingerprint density at radius 2 is 1.49 bits per heavy atom. The van der Waals surface area contributed by atoms with Crippen LogP contribution in [0.4, 0.5) is 8.78 Å². The van der Waals surface area contributed by atoms with Crippen LogP contribution in [0.5, 0.6) is 0 Å². The molecule has 0 unspecified atom stereocenters. The minimum atomic E-state index is -3.14. The molecular formula is C49H56F2N6O2. The molecule has 3 aromatic carbocycles. The smallest absolute Gasteiger partial charge is 0.299 e. The van der Waals surface area contributed by atoms with Crippen LogP contribution in [0.25, 0.3) is 44.5 Å². The number of hydrogen-bond donors (Lipinski definition) is 2. The number of hydrogen-bond acceptors (Lipinski definition) is 4. The van der Waals surface area contributed by atoms with Gasteiger partial charge in [-0.2, -0.15) is 8.78 Å². The third-order valence-corrected chi connectivity index (χ3v) is 12.0. The molecule has 5 aromatic rings. The average molecular weight is 799 g/mol. The number of carbonyl (C=O) groups excluding carboxylic acids is 2. The molecule has 0 spiro atoms. The topological polar surface area (TPSA) is 98.0 Å². The molecule has 59 heavy (non-hydrogen) atoms. The van der Waals surface area contributed by atoms with Crippen molar-refractivity contribution >= 4 is 22.8 Å². The fourth-order valence-electron chi connectivity index (χ4n) is 8.69. The number of fused-ring (bicyclic) bond motifs is 6. The Kier molecular flexibility index (Phi) is 12.8. The highest BCUT2D eigenvalue weighted by molar-refractivity contribution is 5.86. The van der Waals surface area contributed by atoms with Crippen molar-refractivity contribution < 1.29 is 18.4 Å². The molecule has 2 bridgehead atoms. The van der Waals surface area contributed by atoms with Crippen molar-refractivity contribution in [3.8, 4) is 59.2 Å². The quantitative estimate of drug-likeness (QED) is 0.138. The summed E-state index contributed by atoms with van der Waals surface area (Å²) in [6.07, 6.45) is 26.7. The second-order valence-electron chi connectivity index (χ2n) is 17.6. The minimum absolute atomic E-state index is 0.00929. The van der Waals surface area contributed by atoms with Crippen LogP contribution < -0.4 is 0 Å². The zero-order valence-corrected chi connectivity index (χ0v) is 34.9. The summed E-state index contributed by atoms with van der Waals surface area (Å²) >= 11 is 0. The standard InChI is InChI=1S/C34H33F2N5O.C11H19NO.2C2H2/c1-20(2)12-32(42)41(18-33(3)10-11-33)17-31-37-16-30(40-31)23-5-8-25-24-7-4-21(13-26(24)34(35,36)27(25)14-23)22-6-9-28-29(15-22)39-19-38-28;1-8(2)5-11(13)12-7-9-3-4-10(12)6-9;2*1-2/h4-9,13-16,19-20H,10-12,17-18H2,1-3H3,(H,37,40)(H,38,39);8-10H,3-7H2,1-2H3;2*1-2H/t;9-,10+;;/m.0../s1. The molecule has 8 nitrogen and oxygen atoms in total. The lowest BCUT2D eigenvalue weighted by Crippen LogP contribution is -2.38. The molecule has 9 rings (SSSR count). The summed E-state index contributed by atoms with van der Waals surface area (Å²) < 4.78 is 31.9. The molecule has 2 N–H and O–H groups in total. The highest BCUT2D eigenvalue weighted by atomic mass is 19.3. The van der Waals surface area contributed by atoms with Crippen LogP contribution in [0, 0.1) is 48.9 Å². The summed E-state index contributed by atoms with van der Waals surface area (Å²) in [5, 5.41) is 0. The lowest BCUT2D eigenvalue weighted by molar-refractivity contribution is -0.134. The number of aromatic amines is 2. The molecule has 1 aliphatic heterocycles. The normalized spacial score (nSPS) is 18.5. The molecular weight excluding hydrogens is 743 g/mol. The number of halogens is 2. The number of benzene rings is 3. The summed E-state index contributed by atoms with van der Waals surface area (Å²) in [4.78, 5) is 44.0. The number of terminal acetylenes is 2. The molecule has 2 atom stereocenters. The number of nitrogens with zero attached hydrogens (tertiary/aromatic N) is 4. The predicted molar refractivity (Wildman–Crippen MR) is 232 cm³/mol. The second kappa shape index (κ2) is 17.6. The molecule has 2 saturated carbocycles. The minimum Gasteiger partial charge on any atom is -0.345 e. The molecule has 3 heterocycles. The van der Waals surface area contributed by atoms with Crippen LogP contribution in [-0.2, 0) is 22.1 Å². The molecule has 10 heteroatoms. The zero-order chi connectivity index (χ0) is 42.6. The van der Waals surface area contributed by atoms with Crippen LogP contribution in [0.2, 0.25) is 0 Å². The van der Waals surface area contributed by atoms with E-state index in [9.17, 15) is 9.59 Å². The van der Waals surface area contributed by atoms with E-state index in [0.29, 0.717) is 65.6 Å². The Balaban J connectivity index is 0.000000289. The van der Waals surface area contributed by atoms with Gasteiger partial charge in [0.05, 0.1) is 35.8 Å². The van der Waals surface area contributed by atoms with E-state index in [1.807, 2.05) is 49.1 Å². The van der Waals surface area contributed by atoms with Gasteiger partial charge in [0.1, 0.15) is 5.82 Å². The molecule has 0 radical (unpaired) electrons. The van der Waals surface area contributed by atoms with E-state index < -0.39 is 5.92 Å². The first-order chi connectivity index (χ1) is 28.3. The van der Waals surface area contributed by atoms with Gasteiger partial charge in [-0.1, -0.05) is 65.0 Å². The summed E-state index contributed by atoms with van der Waals surface area (Å²) in [5.41, 5.74) is 5.83. The van der Waals surface area contributed by atoms with E-state index in [0.717, 1.165) is 53.9 Å². The van der Waals surface area contributed by atoms with Gasteiger partial charge in [0.2, 0.25) is 11.8 Å². The monoisotopic (exact) mass is 798 g/mol. The number of rotatable bonds is 10. The van der Waals surface area contributed by atoms with Gasteiger partial charge in [0, 0.05) is 48.7 Å². The first kappa shape index (κ1) is 42.9. The Labute approximate surface area is 347 Å². The average Bonchev–Trinajstić information content (AvgIpc) is 3.84. The SMILES string of the molecule is C#C.C#C.CC(C)CC(=O)N(Cc1ncc(-c2ccc3c(c2)C(F)(F)c2cc(-c4ccc5nc[nH]c5c4)ccc2-3)[nH]1)CC1(C)CC1.CC(C)CC(=O)N1C[C@H]2CC[C@@H]1C2. The largest absolute Gasteiger partial charge is 0.345 e. The number of nitrogens with one attached hydrogen (secondary N) is 2. The number of alkyl halides is 2. The fraction of sp³-hybridized carbons (Fsp3) is 0.429. The number of carbonyl (C=O) groups is 2. The number of amides is 2. The van der Waals surface area contributed by atoms with Crippen molar-refractivity contribution in [3.05, 3.63) is 84.1 Å². The summed E-state index contributed by atoms with van der Waals surface area (Å²) in [6, 6.07) is 16.8. The van der Waals surface area contributed by atoms with Crippen molar-refractivity contribution in [2.24, 2.45) is 23.2 Å². The van der Waals surface area contributed by atoms with E-state index in [1.54, 1.807) is 36.8 Å². The molecule has 2 aromatic heterocycles. The van der Waals surface area contributed by atoms with E-state index in [4.69, 9.17) is 0 Å². The molecule has 3 aliphatic carbocycles. The van der Waals surface area contributed by atoms with Crippen LogP contribution in [-0.4, -0.2) is 60.7 Å². The van der Waals surface area contributed by atoms with Gasteiger partial charge >= 0.3 is 0 Å². The summed E-state index contributed by atoms with van der Waals surface area (Å²) in [7, 11) is 0. The second-order valence-corrected chi connectivity index (χ2v) is 17.6. The molecule has 308 valence electrons. The van der Waals surface area contributed by atoms with Crippen molar-refractivity contribution in [1.82, 2.24) is 29.7 Å². The first-order valence-electron chi connectivity index (χ1n) is 20.7. The molecule has 2 amide bonds. The third kappa shape index (κ3) is 9.28. The van der Waals surface area contributed by atoms with Crippen LogP contribution in [0.1, 0.15) is 96.5 Å². The molecule has 1 saturated heterocycles. The van der Waals surface area contributed by atoms with Crippen LogP contribution in [0.15, 0.2) is 67.1 Å². The van der Waals surface area contributed by atoms with Crippen LogP contribution >= 0.6 is 0 Å². The third-order valence-electron chi connectivity index (χ3n) is 12.0. The van der Waals surface area contributed by atoms with Crippen molar-refractivity contribution in [2.75, 3.05) is 13.1 Å². The maximum Gasteiger partial charge on any atom is 0.299 e. The van der Waals surface area contributed by atoms with Gasteiger partial charge in [-0.15, -0.1) is 25.7 Å². The maximum absolute atomic E-state index is 16.0. The Hall–Kier alpha value is -5.74. The maximum atomic E-state index is 16.0. The van der Waals surface area contributed by atoms with Crippen molar-refractivity contribution in [3.63, 3.8) is 0 Å².